The molecule has 0 radical (unpaired) electrons. The van der Waals surface area contributed by atoms with Gasteiger partial charge in [0, 0.05) is 12.2 Å². The van der Waals surface area contributed by atoms with Gasteiger partial charge in [-0.1, -0.05) is 0 Å². The van der Waals surface area contributed by atoms with E-state index in [-0.39, 0.29) is 11.1 Å². The number of hydrogen-bond donors (Lipinski definition) is 4. The number of aromatic carboxylic acids is 2. The molecule has 0 bridgehead atoms. The number of carbonyl (C=O) groups is 2. The molecular formula is C11H14N2O4. The van der Waals surface area contributed by atoms with Crippen LogP contribution in [0.4, 0.5) is 5.69 Å². The lowest BCUT2D eigenvalue weighted by Crippen LogP contribution is -2.10. The van der Waals surface area contributed by atoms with Crippen LogP contribution in [-0.2, 0) is 0 Å². The number of nitrogens with two attached hydrogens (primary N) is 1. The van der Waals surface area contributed by atoms with Gasteiger partial charge >= 0.3 is 11.9 Å². The Kier molecular flexibility index (Phi) is 4.47. The first-order valence-electron chi connectivity index (χ1n) is 5.10. The maximum Gasteiger partial charge on any atom is 0.335 e. The zero-order chi connectivity index (χ0) is 12.8. The number of benzene rings is 1. The summed E-state index contributed by atoms with van der Waals surface area (Å²) in [6, 6.07) is 3.91. The van der Waals surface area contributed by atoms with Gasteiger partial charge in [0.2, 0.25) is 0 Å². The molecule has 1 aromatic carbocycles. The normalized spacial score (nSPS) is 9.94. The lowest BCUT2D eigenvalue weighted by molar-refractivity contribution is 0.0696. The first-order chi connectivity index (χ1) is 8.04. The summed E-state index contributed by atoms with van der Waals surface area (Å²) >= 11 is 0. The predicted molar refractivity (Wildman–Crippen MR) is 62.5 cm³/mol. The van der Waals surface area contributed by atoms with Crippen molar-refractivity contribution in [3.05, 3.63) is 29.3 Å². The van der Waals surface area contributed by atoms with Gasteiger partial charge in [0.1, 0.15) is 0 Å². The highest BCUT2D eigenvalue weighted by Crippen LogP contribution is 2.15. The second kappa shape index (κ2) is 5.86. The third-order valence-corrected chi connectivity index (χ3v) is 2.14. The van der Waals surface area contributed by atoms with Gasteiger partial charge in [-0.3, -0.25) is 0 Å². The number of anilines is 1. The Hall–Kier alpha value is -2.08. The summed E-state index contributed by atoms with van der Waals surface area (Å²) in [4.78, 5) is 21.6. The van der Waals surface area contributed by atoms with Crippen LogP contribution in [0.1, 0.15) is 27.1 Å². The average molecular weight is 238 g/mol. The minimum Gasteiger partial charge on any atom is -0.478 e. The molecule has 0 heterocycles. The fourth-order valence-corrected chi connectivity index (χ4v) is 1.31. The maximum absolute atomic E-state index is 10.8. The first kappa shape index (κ1) is 13.0. The van der Waals surface area contributed by atoms with Gasteiger partial charge in [0.05, 0.1) is 11.1 Å². The summed E-state index contributed by atoms with van der Waals surface area (Å²) in [7, 11) is 0. The van der Waals surface area contributed by atoms with Crippen LogP contribution in [0.2, 0.25) is 0 Å². The molecule has 0 aliphatic carbocycles. The molecule has 0 aliphatic heterocycles. The second-order valence-electron chi connectivity index (χ2n) is 3.48. The quantitative estimate of drug-likeness (QED) is 0.546. The van der Waals surface area contributed by atoms with Crippen LogP contribution in [0, 0.1) is 0 Å². The lowest BCUT2D eigenvalue weighted by Gasteiger charge is -2.08. The Bertz CT molecular complexity index is 399. The molecule has 0 saturated carbocycles. The monoisotopic (exact) mass is 238 g/mol. The van der Waals surface area contributed by atoms with Crippen LogP contribution in [0.15, 0.2) is 18.2 Å². The summed E-state index contributed by atoms with van der Waals surface area (Å²) in [5.41, 5.74) is 5.68. The Morgan fingerprint density at radius 2 is 1.65 bits per heavy atom. The highest BCUT2D eigenvalue weighted by atomic mass is 16.4. The molecule has 0 aliphatic rings. The van der Waals surface area contributed by atoms with E-state index in [1.165, 1.54) is 12.1 Å². The average Bonchev–Trinajstić information content (AvgIpc) is 2.29. The molecule has 0 spiro atoms. The van der Waals surface area contributed by atoms with Crippen LogP contribution in [0.3, 0.4) is 0 Å². The third-order valence-electron chi connectivity index (χ3n) is 2.14. The highest BCUT2D eigenvalue weighted by molar-refractivity contribution is 5.95. The minimum absolute atomic E-state index is 0.0554. The van der Waals surface area contributed by atoms with Crippen LogP contribution in [-0.4, -0.2) is 35.2 Å². The smallest absolute Gasteiger partial charge is 0.335 e. The zero-order valence-corrected chi connectivity index (χ0v) is 9.14. The van der Waals surface area contributed by atoms with Crippen LogP contribution in [0.5, 0.6) is 0 Å². The fourth-order valence-electron chi connectivity index (χ4n) is 1.31. The second-order valence-corrected chi connectivity index (χ2v) is 3.48. The summed E-state index contributed by atoms with van der Waals surface area (Å²) in [5, 5.41) is 20.6. The van der Waals surface area contributed by atoms with Crippen LogP contribution >= 0.6 is 0 Å². The fraction of sp³-hybridized carbons (Fsp3) is 0.273. The van der Waals surface area contributed by atoms with Gasteiger partial charge in [-0.25, -0.2) is 9.59 Å². The number of rotatable bonds is 6. The Morgan fingerprint density at radius 3 is 2.06 bits per heavy atom. The van der Waals surface area contributed by atoms with Crippen molar-refractivity contribution in [3.8, 4) is 0 Å². The van der Waals surface area contributed by atoms with Crippen molar-refractivity contribution in [1.82, 2.24) is 0 Å². The molecular weight excluding hydrogens is 224 g/mol. The van der Waals surface area contributed by atoms with E-state index in [1.807, 2.05) is 0 Å². The molecule has 1 aromatic rings. The number of carboxylic acid groups (broad SMARTS) is 2. The van der Waals surface area contributed by atoms with Gasteiger partial charge < -0.3 is 21.3 Å². The van der Waals surface area contributed by atoms with E-state index in [0.29, 0.717) is 18.8 Å². The molecule has 17 heavy (non-hydrogen) atoms. The standard InChI is InChI=1S/C11H14N2O4/c12-2-1-3-13-9-5-7(10(14)15)4-8(6-9)11(16)17/h4-6,13H,1-3,12H2,(H,14,15)(H,16,17). The van der Waals surface area contributed by atoms with Crippen LogP contribution < -0.4 is 11.1 Å². The van der Waals surface area contributed by atoms with Crippen molar-refractivity contribution in [2.45, 2.75) is 6.42 Å². The van der Waals surface area contributed by atoms with Crippen molar-refractivity contribution < 1.29 is 19.8 Å². The molecule has 1 rings (SSSR count). The van der Waals surface area contributed by atoms with E-state index in [9.17, 15) is 9.59 Å². The number of carboxylic acids is 2. The highest BCUT2D eigenvalue weighted by Gasteiger charge is 2.10. The molecule has 0 unspecified atom stereocenters. The molecule has 6 nitrogen and oxygen atoms in total. The van der Waals surface area contributed by atoms with Crippen molar-refractivity contribution in [2.24, 2.45) is 5.73 Å². The summed E-state index contributed by atoms with van der Waals surface area (Å²) in [6.07, 6.45) is 0.722. The molecule has 0 amide bonds. The molecule has 0 fully saturated rings. The minimum atomic E-state index is -1.16. The van der Waals surface area contributed by atoms with Gasteiger partial charge in [0.15, 0.2) is 0 Å². The van der Waals surface area contributed by atoms with E-state index < -0.39 is 11.9 Å². The van der Waals surface area contributed by atoms with Crippen molar-refractivity contribution in [1.29, 1.82) is 0 Å². The molecule has 0 saturated heterocycles. The van der Waals surface area contributed by atoms with Crippen molar-refractivity contribution >= 4 is 17.6 Å². The van der Waals surface area contributed by atoms with Crippen molar-refractivity contribution in [3.63, 3.8) is 0 Å². The van der Waals surface area contributed by atoms with E-state index >= 15 is 0 Å². The number of hydrogen-bond acceptors (Lipinski definition) is 4. The van der Waals surface area contributed by atoms with Gasteiger partial charge in [-0.15, -0.1) is 0 Å². The van der Waals surface area contributed by atoms with E-state index in [2.05, 4.69) is 5.32 Å². The third kappa shape index (κ3) is 3.76. The molecule has 6 heteroatoms. The first-order valence-corrected chi connectivity index (χ1v) is 5.10. The lowest BCUT2D eigenvalue weighted by atomic mass is 10.1. The zero-order valence-electron chi connectivity index (χ0n) is 9.14. The summed E-state index contributed by atoms with van der Waals surface area (Å²) in [6.45, 7) is 1.08. The summed E-state index contributed by atoms with van der Waals surface area (Å²) in [5.74, 6) is -2.31. The van der Waals surface area contributed by atoms with E-state index in [1.54, 1.807) is 0 Å². The van der Waals surface area contributed by atoms with Gasteiger partial charge in [-0.2, -0.15) is 0 Å². The van der Waals surface area contributed by atoms with E-state index in [4.69, 9.17) is 15.9 Å². The molecule has 5 N–H and O–H groups in total. The maximum atomic E-state index is 10.8. The Morgan fingerprint density at radius 1 is 1.12 bits per heavy atom. The Balaban J connectivity index is 2.95. The van der Waals surface area contributed by atoms with E-state index in [0.717, 1.165) is 12.5 Å². The molecule has 0 aromatic heterocycles. The van der Waals surface area contributed by atoms with Crippen LogP contribution in [0.25, 0.3) is 0 Å². The molecule has 92 valence electrons. The topological polar surface area (TPSA) is 113 Å². The SMILES string of the molecule is NCCCNc1cc(C(=O)O)cc(C(=O)O)c1. The largest absolute Gasteiger partial charge is 0.478 e. The Labute approximate surface area is 98.1 Å². The summed E-state index contributed by atoms with van der Waals surface area (Å²) < 4.78 is 0. The van der Waals surface area contributed by atoms with Gasteiger partial charge in [0.25, 0.3) is 0 Å². The molecule has 0 atom stereocenters. The van der Waals surface area contributed by atoms with Gasteiger partial charge in [-0.05, 0) is 31.2 Å². The number of nitrogens with one attached hydrogen (secondary N) is 1. The predicted octanol–water partition coefficient (Wildman–Crippen LogP) is 0.844. The van der Waals surface area contributed by atoms with Crippen molar-refractivity contribution in [2.75, 3.05) is 18.4 Å².